The highest BCUT2D eigenvalue weighted by Crippen LogP contribution is 2.42. The average molecular weight is 355 g/mol. The average Bonchev–Trinajstić information content (AvgIpc) is 3.18. The summed E-state index contributed by atoms with van der Waals surface area (Å²) in [6.45, 7) is 0.0616. The zero-order chi connectivity index (χ0) is 17.4. The number of hydrogen-bond acceptors (Lipinski definition) is 4. The zero-order valence-corrected chi connectivity index (χ0v) is 14.6. The Kier molecular flexibility index (Phi) is 4.27. The molecular weight excluding hydrogens is 336 g/mol. The summed E-state index contributed by atoms with van der Waals surface area (Å²) in [5.74, 6) is 1.06. The van der Waals surface area contributed by atoms with E-state index in [-0.39, 0.29) is 24.3 Å². The van der Waals surface area contributed by atoms with Crippen molar-refractivity contribution in [1.29, 1.82) is 5.26 Å². The molecular formula is C20H19ClN2O2. The maximum atomic E-state index is 12.4. The first kappa shape index (κ1) is 16.2. The Balaban J connectivity index is 1.40. The van der Waals surface area contributed by atoms with Crippen LogP contribution in [0.5, 0.6) is 5.75 Å². The minimum atomic E-state index is 0.0616. The molecule has 2 aromatic rings. The van der Waals surface area contributed by atoms with Gasteiger partial charge in [-0.15, -0.1) is 0 Å². The second-order valence-corrected chi connectivity index (χ2v) is 7.33. The van der Waals surface area contributed by atoms with E-state index in [9.17, 15) is 10.1 Å². The Morgan fingerprint density at radius 3 is 2.80 bits per heavy atom. The van der Waals surface area contributed by atoms with Crippen molar-refractivity contribution in [2.45, 2.75) is 37.8 Å². The Hall–Kier alpha value is -2.25. The fourth-order valence-corrected chi connectivity index (χ4v) is 4.59. The minimum Gasteiger partial charge on any atom is -0.485 e. The molecule has 25 heavy (non-hydrogen) atoms. The normalized spacial score (nSPS) is 24.5. The smallest absolute Gasteiger partial charge is 0.179 e. The molecule has 0 aliphatic carbocycles. The summed E-state index contributed by atoms with van der Waals surface area (Å²) >= 11 is 6.22. The Bertz CT molecular complexity index is 860. The van der Waals surface area contributed by atoms with Crippen molar-refractivity contribution >= 4 is 28.2 Å². The van der Waals surface area contributed by atoms with Gasteiger partial charge in [0.25, 0.3) is 0 Å². The molecule has 0 aromatic heterocycles. The largest absolute Gasteiger partial charge is 0.485 e. The van der Waals surface area contributed by atoms with E-state index in [1.54, 1.807) is 6.07 Å². The summed E-state index contributed by atoms with van der Waals surface area (Å²) in [6, 6.07) is 11.9. The van der Waals surface area contributed by atoms with Gasteiger partial charge in [0.05, 0.1) is 0 Å². The molecule has 4 nitrogen and oxygen atoms in total. The van der Waals surface area contributed by atoms with E-state index in [0.29, 0.717) is 23.2 Å². The lowest BCUT2D eigenvalue weighted by molar-refractivity contribution is -0.122. The van der Waals surface area contributed by atoms with Crippen molar-refractivity contribution in [1.82, 2.24) is 4.90 Å². The molecule has 2 aliphatic rings. The summed E-state index contributed by atoms with van der Waals surface area (Å²) in [5, 5.41) is 11.7. The van der Waals surface area contributed by atoms with Gasteiger partial charge in [-0.25, -0.2) is 0 Å². The molecule has 0 amide bonds. The Morgan fingerprint density at radius 2 is 2.04 bits per heavy atom. The number of halogens is 1. The summed E-state index contributed by atoms with van der Waals surface area (Å²) in [7, 11) is 0. The van der Waals surface area contributed by atoms with Gasteiger partial charge in [-0.05, 0) is 37.3 Å². The molecule has 2 aromatic carbocycles. The first-order valence-electron chi connectivity index (χ1n) is 8.67. The number of Topliss-reactive ketones (excluding diaryl/α,β-unsaturated/α-hetero) is 1. The number of nitrogens with zero attached hydrogens (tertiary/aromatic N) is 2. The van der Waals surface area contributed by atoms with Crippen molar-refractivity contribution in [2.24, 2.45) is 5.92 Å². The highest BCUT2D eigenvalue weighted by Gasteiger charge is 2.46. The molecule has 5 heteroatoms. The highest BCUT2D eigenvalue weighted by atomic mass is 35.5. The first-order valence-corrected chi connectivity index (χ1v) is 9.05. The van der Waals surface area contributed by atoms with Crippen LogP contribution in [0, 0.1) is 17.4 Å². The zero-order valence-electron chi connectivity index (χ0n) is 13.8. The van der Waals surface area contributed by atoms with Crippen molar-refractivity contribution in [3.63, 3.8) is 0 Å². The van der Waals surface area contributed by atoms with Crippen LogP contribution in [0.2, 0.25) is 5.02 Å². The molecule has 0 radical (unpaired) electrons. The number of carbonyl (C=O) groups excluding carboxylic acids is 1. The molecule has 2 bridgehead atoms. The molecule has 2 heterocycles. The number of nitriles is 1. The van der Waals surface area contributed by atoms with Gasteiger partial charge < -0.3 is 9.64 Å². The summed E-state index contributed by atoms with van der Waals surface area (Å²) in [5.41, 5.74) is 0. The number of benzene rings is 2. The fraction of sp³-hybridized carbons (Fsp3) is 0.400. The standard InChI is InChI=1S/C20H19ClN2O2/c21-18-6-8-20(17-4-2-1-3-16(17)18)25-11-15(24)10-13-9-14-5-7-19(13)23(14)12-22/h1-4,6,8,13-14,19H,5,7,9-11H2/t13-,14-,19+/m0/s1. The number of hydrogen-bond donors (Lipinski definition) is 0. The molecule has 2 saturated heterocycles. The van der Waals surface area contributed by atoms with Crippen molar-refractivity contribution in [2.75, 3.05) is 6.61 Å². The van der Waals surface area contributed by atoms with E-state index in [2.05, 4.69) is 6.19 Å². The van der Waals surface area contributed by atoms with Crippen LogP contribution >= 0.6 is 11.6 Å². The summed E-state index contributed by atoms with van der Waals surface area (Å²) < 4.78 is 5.79. The molecule has 0 saturated carbocycles. The lowest BCUT2D eigenvalue weighted by atomic mass is 9.86. The number of fused-ring (bicyclic) bond motifs is 3. The van der Waals surface area contributed by atoms with E-state index >= 15 is 0 Å². The van der Waals surface area contributed by atoms with Crippen LogP contribution in [-0.2, 0) is 4.79 Å². The van der Waals surface area contributed by atoms with Crippen LogP contribution < -0.4 is 4.74 Å². The van der Waals surface area contributed by atoms with Crippen molar-refractivity contribution in [3.8, 4) is 11.9 Å². The number of carbonyl (C=O) groups is 1. The van der Waals surface area contributed by atoms with Crippen molar-refractivity contribution in [3.05, 3.63) is 41.4 Å². The first-order chi connectivity index (χ1) is 12.2. The van der Waals surface area contributed by atoms with Gasteiger partial charge in [-0.1, -0.05) is 35.9 Å². The lowest BCUT2D eigenvalue weighted by Crippen LogP contribution is -2.27. The van der Waals surface area contributed by atoms with E-state index in [1.807, 2.05) is 35.2 Å². The Labute approximate surface area is 151 Å². The van der Waals surface area contributed by atoms with Crippen LogP contribution in [0.15, 0.2) is 36.4 Å². The third-order valence-corrected chi connectivity index (χ3v) is 5.82. The van der Waals surface area contributed by atoms with E-state index in [0.717, 1.165) is 30.0 Å². The second-order valence-electron chi connectivity index (χ2n) is 6.92. The fourth-order valence-electron chi connectivity index (χ4n) is 4.36. The monoisotopic (exact) mass is 354 g/mol. The van der Waals surface area contributed by atoms with Gasteiger partial charge in [-0.2, -0.15) is 5.26 Å². The van der Waals surface area contributed by atoms with Gasteiger partial charge in [0.15, 0.2) is 12.0 Å². The van der Waals surface area contributed by atoms with Gasteiger partial charge in [0, 0.05) is 34.3 Å². The molecule has 0 N–H and O–H groups in total. The highest BCUT2D eigenvalue weighted by molar-refractivity contribution is 6.35. The van der Waals surface area contributed by atoms with E-state index in [4.69, 9.17) is 16.3 Å². The maximum absolute atomic E-state index is 12.4. The molecule has 3 atom stereocenters. The van der Waals surface area contributed by atoms with Gasteiger partial charge >= 0.3 is 0 Å². The topological polar surface area (TPSA) is 53.3 Å². The number of ether oxygens (including phenoxy) is 1. The van der Waals surface area contributed by atoms with Gasteiger partial charge in [0.1, 0.15) is 12.4 Å². The quantitative estimate of drug-likeness (QED) is 0.756. The van der Waals surface area contributed by atoms with E-state index < -0.39 is 0 Å². The molecule has 0 spiro atoms. The molecule has 0 unspecified atom stereocenters. The predicted molar refractivity (Wildman–Crippen MR) is 96.4 cm³/mol. The number of ketones is 1. The second kappa shape index (κ2) is 6.57. The SMILES string of the molecule is N#CN1[C@H]2CC[C@@H]1[C@H](CC(=O)COc1ccc(Cl)c3ccccc13)C2. The minimum absolute atomic E-state index is 0.0616. The predicted octanol–water partition coefficient (Wildman–Crippen LogP) is 4.17. The van der Waals surface area contributed by atoms with Crippen LogP contribution in [0.1, 0.15) is 25.7 Å². The van der Waals surface area contributed by atoms with Crippen LogP contribution in [0.25, 0.3) is 10.8 Å². The number of rotatable bonds is 5. The molecule has 2 aliphatic heterocycles. The lowest BCUT2D eigenvalue weighted by Gasteiger charge is -2.20. The van der Waals surface area contributed by atoms with Gasteiger partial charge in [-0.3, -0.25) is 4.79 Å². The van der Waals surface area contributed by atoms with Crippen LogP contribution in [0.3, 0.4) is 0 Å². The molecule has 4 rings (SSSR count). The third-order valence-electron chi connectivity index (χ3n) is 5.49. The summed E-state index contributed by atoms with van der Waals surface area (Å²) in [6.07, 6.45) is 5.84. The Morgan fingerprint density at radius 1 is 1.24 bits per heavy atom. The molecule has 2 fully saturated rings. The van der Waals surface area contributed by atoms with Crippen LogP contribution in [0.4, 0.5) is 0 Å². The molecule has 128 valence electrons. The summed E-state index contributed by atoms with van der Waals surface area (Å²) in [4.78, 5) is 14.3. The third kappa shape index (κ3) is 2.94. The van der Waals surface area contributed by atoms with Crippen LogP contribution in [-0.4, -0.2) is 29.4 Å². The van der Waals surface area contributed by atoms with Crippen molar-refractivity contribution < 1.29 is 9.53 Å². The maximum Gasteiger partial charge on any atom is 0.179 e. The van der Waals surface area contributed by atoms with E-state index in [1.165, 1.54) is 0 Å². The van der Waals surface area contributed by atoms with Gasteiger partial charge in [0.2, 0.25) is 0 Å².